The number of anilines is 1. The van der Waals surface area contributed by atoms with Gasteiger partial charge in [0.25, 0.3) is 17.1 Å². The summed E-state index contributed by atoms with van der Waals surface area (Å²) in [5.41, 5.74) is 2.52. The minimum Gasteiger partial charge on any atom is -0.493 e. The second-order valence-electron chi connectivity index (χ2n) is 8.91. The number of ether oxygens (including phenoxy) is 2. The van der Waals surface area contributed by atoms with Crippen LogP contribution in [0.4, 0.5) is 10.5 Å². The zero-order chi connectivity index (χ0) is 24.8. The summed E-state index contributed by atoms with van der Waals surface area (Å²) >= 11 is 0.972. The van der Waals surface area contributed by atoms with Gasteiger partial charge in [0.1, 0.15) is 0 Å². The van der Waals surface area contributed by atoms with E-state index >= 15 is 0 Å². The van der Waals surface area contributed by atoms with E-state index in [1.807, 2.05) is 31.2 Å². The van der Waals surface area contributed by atoms with E-state index in [1.165, 1.54) is 31.3 Å². The van der Waals surface area contributed by atoms with Gasteiger partial charge in [-0.1, -0.05) is 43.0 Å². The molecule has 1 saturated carbocycles. The first kappa shape index (κ1) is 24.9. The minimum atomic E-state index is -0.286. The molecular weight excluding hydrogens is 464 g/mol. The summed E-state index contributed by atoms with van der Waals surface area (Å²) in [6.45, 7) is 2.31. The molecule has 2 aromatic carbocycles. The number of carbonyl (C=O) groups is 3. The fourth-order valence-electron chi connectivity index (χ4n) is 4.31. The highest BCUT2D eigenvalue weighted by Gasteiger charge is 2.36. The van der Waals surface area contributed by atoms with Crippen molar-refractivity contribution in [2.75, 3.05) is 25.6 Å². The first-order valence-corrected chi connectivity index (χ1v) is 12.7. The van der Waals surface area contributed by atoms with Gasteiger partial charge >= 0.3 is 0 Å². The molecule has 0 unspecified atom stereocenters. The number of nitrogens with one attached hydrogen (secondary N) is 1. The molecule has 8 heteroatoms. The Morgan fingerprint density at radius 3 is 2.54 bits per heavy atom. The van der Waals surface area contributed by atoms with Crippen molar-refractivity contribution in [3.63, 3.8) is 0 Å². The number of amides is 3. The molecule has 1 aliphatic carbocycles. The monoisotopic (exact) mass is 494 g/mol. The van der Waals surface area contributed by atoms with Gasteiger partial charge in [0.2, 0.25) is 0 Å². The first-order valence-electron chi connectivity index (χ1n) is 11.9. The van der Waals surface area contributed by atoms with Crippen LogP contribution in [0.3, 0.4) is 0 Å². The first-order chi connectivity index (χ1) is 16.9. The van der Waals surface area contributed by atoms with E-state index in [-0.39, 0.29) is 23.7 Å². The van der Waals surface area contributed by atoms with E-state index in [0.717, 1.165) is 30.2 Å². The van der Waals surface area contributed by atoms with Gasteiger partial charge in [0.15, 0.2) is 18.1 Å². The van der Waals surface area contributed by atoms with Crippen molar-refractivity contribution >= 4 is 40.6 Å². The van der Waals surface area contributed by atoms with E-state index in [0.29, 0.717) is 40.1 Å². The van der Waals surface area contributed by atoms with Gasteiger partial charge < -0.3 is 14.8 Å². The Balaban J connectivity index is 1.38. The number of benzene rings is 2. The van der Waals surface area contributed by atoms with Crippen LogP contribution in [0.2, 0.25) is 0 Å². The summed E-state index contributed by atoms with van der Waals surface area (Å²) in [5.74, 6) is 0.720. The molecule has 1 N–H and O–H groups in total. The van der Waals surface area contributed by atoms with Gasteiger partial charge in [-0.05, 0) is 73.4 Å². The standard InChI is InChI=1S/C27H30N2O5S/c1-18-8-11-21(12-9-18)28-25(30)17-34-22-13-10-20(14-23(22)33-2)15-24-26(31)29(27(32)35-24)16-19-6-4-3-5-7-19/h8-15,19H,3-7,16-17H2,1-2H3,(H,28,30)/b24-15+. The summed E-state index contributed by atoms with van der Waals surface area (Å²) in [5, 5.41) is 2.58. The molecule has 35 heavy (non-hydrogen) atoms. The lowest BCUT2D eigenvalue weighted by atomic mass is 9.89. The van der Waals surface area contributed by atoms with E-state index in [2.05, 4.69) is 5.32 Å². The molecule has 1 heterocycles. The molecule has 0 spiro atoms. The molecule has 0 atom stereocenters. The molecule has 0 aromatic heterocycles. The maximum absolute atomic E-state index is 12.9. The van der Waals surface area contributed by atoms with Crippen molar-refractivity contribution in [3.05, 3.63) is 58.5 Å². The second-order valence-corrected chi connectivity index (χ2v) is 9.90. The van der Waals surface area contributed by atoms with E-state index in [9.17, 15) is 14.4 Å². The Labute approximate surface area is 209 Å². The van der Waals surface area contributed by atoms with Crippen LogP contribution in [-0.2, 0) is 9.59 Å². The molecule has 0 radical (unpaired) electrons. The summed E-state index contributed by atoms with van der Waals surface area (Å²) in [6.07, 6.45) is 7.40. The highest BCUT2D eigenvalue weighted by atomic mass is 32.2. The molecule has 184 valence electrons. The Morgan fingerprint density at radius 2 is 1.83 bits per heavy atom. The molecule has 7 nitrogen and oxygen atoms in total. The quantitative estimate of drug-likeness (QED) is 0.478. The van der Waals surface area contributed by atoms with Crippen LogP contribution in [0.15, 0.2) is 47.4 Å². The summed E-state index contributed by atoms with van der Waals surface area (Å²) in [7, 11) is 1.51. The van der Waals surface area contributed by atoms with Gasteiger partial charge in [-0.3, -0.25) is 19.3 Å². The van der Waals surface area contributed by atoms with Crippen molar-refractivity contribution in [2.24, 2.45) is 5.92 Å². The number of hydrogen-bond acceptors (Lipinski definition) is 6. The van der Waals surface area contributed by atoms with Gasteiger partial charge in [0, 0.05) is 12.2 Å². The second kappa shape index (κ2) is 11.4. The van der Waals surface area contributed by atoms with Crippen molar-refractivity contribution < 1.29 is 23.9 Å². The summed E-state index contributed by atoms with van der Waals surface area (Å²) < 4.78 is 11.1. The molecule has 2 aliphatic rings. The molecule has 1 aliphatic heterocycles. The lowest BCUT2D eigenvalue weighted by molar-refractivity contribution is -0.123. The van der Waals surface area contributed by atoms with Crippen LogP contribution >= 0.6 is 11.8 Å². The van der Waals surface area contributed by atoms with E-state index in [1.54, 1.807) is 24.3 Å². The maximum atomic E-state index is 12.9. The number of carbonyl (C=O) groups excluding carboxylic acids is 3. The smallest absolute Gasteiger partial charge is 0.293 e. The number of imide groups is 1. The lowest BCUT2D eigenvalue weighted by Crippen LogP contribution is -2.34. The Morgan fingerprint density at radius 1 is 1.09 bits per heavy atom. The van der Waals surface area contributed by atoms with Gasteiger partial charge in [-0.2, -0.15) is 0 Å². The Bertz CT molecular complexity index is 1120. The normalized spacial score (nSPS) is 17.7. The third-order valence-corrected chi connectivity index (χ3v) is 7.13. The third-order valence-electron chi connectivity index (χ3n) is 6.22. The Kier molecular flexibility index (Phi) is 8.13. The SMILES string of the molecule is COc1cc(/C=C2/SC(=O)N(CC3CCCCC3)C2=O)ccc1OCC(=O)Nc1ccc(C)cc1. The van der Waals surface area contributed by atoms with Gasteiger partial charge in [-0.25, -0.2) is 0 Å². The maximum Gasteiger partial charge on any atom is 0.293 e. The summed E-state index contributed by atoms with van der Waals surface area (Å²) in [4.78, 5) is 39.4. The molecule has 4 rings (SSSR count). The zero-order valence-corrected chi connectivity index (χ0v) is 20.9. The average molecular weight is 495 g/mol. The summed E-state index contributed by atoms with van der Waals surface area (Å²) in [6, 6.07) is 12.7. The fourth-order valence-corrected chi connectivity index (χ4v) is 5.16. The van der Waals surface area contributed by atoms with E-state index in [4.69, 9.17) is 9.47 Å². The average Bonchev–Trinajstić information content (AvgIpc) is 3.12. The largest absolute Gasteiger partial charge is 0.493 e. The molecular formula is C27H30N2O5S. The van der Waals surface area contributed by atoms with Crippen LogP contribution in [0, 0.1) is 12.8 Å². The number of rotatable bonds is 8. The topological polar surface area (TPSA) is 84.9 Å². The number of aryl methyl sites for hydroxylation is 1. The molecule has 2 aromatic rings. The van der Waals surface area contributed by atoms with Gasteiger partial charge in [-0.15, -0.1) is 0 Å². The van der Waals surface area contributed by atoms with Crippen LogP contribution in [0.1, 0.15) is 43.2 Å². The highest BCUT2D eigenvalue weighted by Crippen LogP contribution is 2.36. The molecule has 2 fully saturated rings. The molecule has 0 bridgehead atoms. The van der Waals surface area contributed by atoms with Crippen molar-refractivity contribution in [1.82, 2.24) is 4.90 Å². The highest BCUT2D eigenvalue weighted by molar-refractivity contribution is 8.18. The number of nitrogens with zero attached hydrogens (tertiary/aromatic N) is 1. The van der Waals surface area contributed by atoms with Crippen molar-refractivity contribution in [3.8, 4) is 11.5 Å². The van der Waals surface area contributed by atoms with Gasteiger partial charge in [0.05, 0.1) is 12.0 Å². The van der Waals surface area contributed by atoms with Crippen LogP contribution in [0.5, 0.6) is 11.5 Å². The number of thioether (sulfide) groups is 1. The fraction of sp³-hybridized carbons (Fsp3) is 0.370. The van der Waals surface area contributed by atoms with Crippen LogP contribution in [0.25, 0.3) is 6.08 Å². The molecule has 1 saturated heterocycles. The molecule has 3 amide bonds. The lowest BCUT2D eigenvalue weighted by Gasteiger charge is -2.25. The van der Waals surface area contributed by atoms with Crippen LogP contribution < -0.4 is 14.8 Å². The predicted octanol–water partition coefficient (Wildman–Crippen LogP) is 5.64. The van der Waals surface area contributed by atoms with Crippen molar-refractivity contribution in [1.29, 1.82) is 0 Å². The minimum absolute atomic E-state index is 0.177. The Hall–Kier alpha value is -3.26. The number of methoxy groups -OCH3 is 1. The predicted molar refractivity (Wildman–Crippen MR) is 138 cm³/mol. The van der Waals surface area contributed by atoms with Crippen LogP contribution in [-0.4, -0.2) is 42.2 Å². The van der Waals surface area contributed by atoms with Crippen molar-refractivity contribution in [2.45, 2.75) is 39.0 Å². The number of hydrogen-bond donors (Lipinski definition) is 1. The third kappa shape index (κ3) is 6.45. The zero-order valence-electron chi connectivity index (χ0n) is 20.0. The van der Waals surface area contributed by atoms with E-state index < -0.39 is 0 Å².